The van der Waals surface area contributed by atoms with Gasteiger partial charge in [-0.2, -0.15) is 0 Å². The lowest BCUT2D eigenvalue weighted by Crippen LogP contribution is -2.28. The Balaban J connectivity index is 1.97. The van der Waals surface area contributed by atoms with Crippen molar-refractivity contribution in [2.75, 3.05) is 26.5 Å². The molecular weight excluding hydrogens is 302 g/mol. The first-order chi connectivity index (χ1) is 11.5. The van der Waals surface area contributed by atoms with Gasteiger partial charge in [0.15, 0.2) is 0 Å². The van der Waals surface area contributed by atoms with Gasteiger partial charge in [-0.3, -0.25) is 4.79 Å². The van der Waals surface area contributed by atoms with Gasteiger partial charge in [0.2, 0.25) is 5.91 Å². The van der Waals surface area contributed by atoms with Crippen molar-refractivity contribution in [2.24, 2.45) is 0 Å². The van der Waals surface area contributed by atoms with Gasteiger partial charge >= 0.3 is 6.03 Å². The largest absolute Gasteiger partial charge is 0.341 e. The lowest BCUT2D eigenvalue weighted by atomic mass is 10.1. The highest BCUT2D eigenvalue weighted by molar-refractivity contribution is 5.89. The van der Waals surface area contributed by atoms with Crippen molar-refractivity contribution in [1.82, 2.24) is 9.80 Å². The second-order valence-corrected chi connectivity index (χ2v) is 5.94. The van der Waals surface area contributed by atoms with Crippen LogP contribution in [0.2, 0.25) is 0 Å². The number of benzene rings is 2. The molecule has 0 fully saturated rings. The van der Waals surface area contributed by atoms with Crippen LogP contribution in [0.5, 0.6) is 0 Å². The number of amides is 3. The summed E-state index contributed by atoms with van der Waals surface area (Å²) in [4.78, 5) is 27.3. The number of carbonyl (C=O) groups excluding carboxylic acids is 2. The zero-order chi connectivity index (χ0) is 17.5. The van der Waals surface area contributed by atoms with E-state index in [1.165, 1.54) is 4.90 Å². The minimum atomic E-state index is -0.195. The maximum Gasteiger partial charge on any atom is 0.321 e. The van der Waals surface area contributed by atoms with E-state index in [4.69, 9.17) is 0 Å². The first kappa shape index (κ1) is 17.5. The highest BCUT2D eigenvalue weighted by atomic mass is 16.2. The maximum atomic E-state index is 12.4. The van der Waals surface area contributed by atoms with Gasteiger partial charge in [-0.15, -0.1) is 0 Å². The van der Waals surface area contributed by atoms with Crippen LogP contribution in [-0.4, -0.2) is 42.9 Å². The lowest BCUT2D eigenvalue weighted by Gasteiger charge is -2.18. The van der Waals surface area contributed by atoms with Crippen molar-refractivity contribution in [2.45, 2.75) is 13.0 Å². The van der Waals surface area contributed by atoms with Crippen LogP contribution < -0.4 is 5.32 Å². The number of anilines is 1. The van der Waals surface area contributed by atoms with E-state index in [0.29, 0.717) is 18.7 Å². The van der Waals surface area contributed by atoms with Crippen LogP contribution in [0.15, 0.2) is 54.6 Å². The van der Waals surface area contributed by atoms with Crippen molar-refractivity contribution >= 4 is 17.6 Å². The summed E-state index contributed by atoms with van der Waals surface area (Å²) >= 11 is 0. The van der Waals surface area contributed by atoms with Crippen LogP contribution in [0.3, 0.4) is 0 Å². The standard InChI is InChI=1S/C19H23N3O2/c1-21(2)19(24)20-17-11-7-10-16(12-17)13-18(23)22(3)14-15-8-5-4-6-9-15/h4-12H,13-14H2,1-3H3,(H,20,24). The first-order valence-electron chi connectivity index (χ1n) is 7.81. The van der Waals surface area contributed by atoms with Crippen molar-refractivity contribution < 1.29 is 9.59 Å². The number of carbonyl (C=O) groups is 2. The lowest BCUT2D eigenvalue weighted by molar-refractivity contribution is -0.129. The molecule has 3 amide bonds. The molecule has 0 aromatic heterocycles. The summed E-state index contributed by atoms with van der Waals surface area (Å²) in [6, 6.07) is 17.1. The maximum absolute atomic E-state index is 12.4. The zero-order valence-corrected chi connectivity index (χ0v) is 14.3. The molecule has 0 aliphatic rings. The first-order valence-corrected chi connectivity index (χ1v) is 7.81. The molecule has 126 valence electrons. The quantitative estimate of drug-likeness (QED) is 0.919. The predicted octanol–water partition coefficient (Wildman–Crippen LogP) is 2.98. The number of hydrogen-bond donors (Lipinski definition) is 1. The number of urea groups is 1. The Hall–Kier alpha value is -2.82. The number of rotatable bonds is 5. The molecule has 0 spiro atoms. The average Bonchev–Trinajstić information content (AvgIpc) is 2.56. The molecule has 0 aliphatic heterocycles. The molecule has 0 saturated carbocycles. The minimum Gasteiger partial charge on any atom is -0.341 e. The molecule has 0 atom stereocenters. The molecule has 24 heavy (non-hydrogen) atoms. The van der Waals surface area contributed by atoms with E-state index in [1.54, 1.807) is 26.0 Å². The van der Waals surface area contributed by atoms with Crippen LogP contribution in [0.4, 0.5) is 10.5 Å². The van der Waals surface area contributed by atoms with Crippen LogP contribution >= 0.6 is 0 Å². The number of likely N-dealkylation sites (N-methyl/N-ethyl adjacent to an activating group) is 1. The Morgan fingerprint density at radius 3 is 2.25 bits per heavy atom. The molecular formula is C19H23N3O2. The molecule has 0 heterocycles. The number of nitrogens with one attached hydrogen (secondary N) is 1. The Morgan fingerprint density at radius 1 is 0.917 bits per heavy atom. The summed E-state index contributed by atoms with van der Waals surface area (Å²) in [6.45, 7) is 0.580. The van der Waals surface area contributed by atoms with Crippen LogP contribution in [0.1, 0.15) is 11.1 Å². The molecule has 2 aromatic carbocycles. The molecule has 0 bridgehead atoms. The highest BCUT2D eigenvalue weighted by Crippen LogP contribution is 2.13. The molecule has 0 aliphatic carbocycles. The van der Waals surface area contributed by atoms with E-state index in [-0.39, 0.29) is 11.9 Å². The molecule has 2 rings (SSSR count). The van der Waals surface area contributed by atoms with Crippen molar-refractivity contribution in [1.29, 1.82) is 0 Å². The van der Waals surface area contributed by atoms with Crippen LogP contribution in [0, 0.1) is 0 Å². The van der Waals surface area contributed by atoms with E-state index in [0.717, 1.165) is 11.1 Å². The fourth-order valence-corrected chi connectivity index (χ4v) is 2.25. The summed E-state index contributed by atoms with van der Waals surface area (Å²) in [5, 5.41) is 2.79. The van der Waals surface area contributed by atoms with E-state index in [1.807, 2.05) is 54.6 Å². The van der Waals surface area contributed by atoms with E-state index in [2.05, 4.69) is 5.32 Å². The third-order valence-corrected chi connectivity index (χ3v) is 3.63. The van der Waals surface area contributed by atoms with Gasteiger partial charge in [0.1, 0.15) is 0 Å². The van der Waals surface area contributed by atoms with Crippen LogP contribution in [0.25, 0.3) is 0 Å². The second kappa shape index (κ2) is 8.15. The molecule has 5 heteroatoms. The molecule has 0 saturated heterocycles. The van der Waals surface area contributed by atoms with E-state index in [9.17, 15) is 9.59 Å². The smallest absolute Gasteiger partial charge is 0.321 e. The Bertz CT molecular complexity index is 699. The molecule has 1 N–H and O–H groups in total. The van der Waals surface area contributed by atoms with E-state index < -0.39 is 0 Å². The second-order valence-electron chi connectivity index (χ2n) is 5.94. The molecule has 0 radical (unpaired) electrons. The number of nitrogens with zero attached hydrogens (tertiary/aromatic N) is 2. The monoisotopic (exact) mass is 325 g/mol. The Kier molecular flexibility index (Phi) is 5.95. The Morgan fingerprint density at radius 2 is 1.58 bits per heavy atom. The average molecular weight is 325 g/mol. The third-order valence-electron chi connectivity index (χ3n) is 3.63. The van der Waals surface area contributed by atoms with Gasteiger partial charge in [-0.05, 0) is 23.3 Å². The topological polar surface area (TPSA) is 52.7 Å². The van der Waals surface area contributed by atoms with E-state index >= 15 is 0 Å². The Labute approximate surface area is 142 Å². The zero-order valence-electron chi connectivity index (χ0n) is 14.3. The summed E-state index contributed by atoms with van der Waals surface area (Å²) in [7, 11) is 5.16. The SMILES string of the molecule is CN(C)C(=O)Nc1cccc(CC(=O)N(C)Cc2ccccc2)c1. The molecule has 0 unspecified atom stereocenters. The summed E-state index contributed by atoms with van der Waals surface area (Å²) < 4.78 is 0. The fourth-order valence-electron chi connectivity index (χ4n) is 2.25. The summed E-state index contributed by atoms with van der Waals surface area (Å²) in [5.41, 5.74) is 2.65. The van der Waals surface area contributed by atoms with Crippen molar-refractivity contribution in [3.8, 4) is 0 Å². The van der Waals surface area contributed by atoms with Crippen molar-refractivity contribution in [3.05, 3.63) is 65.7 Å². The van der Waals surface area contributed by atoms with Gasteiger partial charge in [0, 0.05) is 33.4 Å². The molecule has 5 nitrogen and oxygen atoms in total. The minimum absolute atomic E-state index is 0.0370. The van der Waals surface area contributed by atoms with Gasteiger partial charge in [-0.25, -0.2) is 4.79 Å². The fraction of sp³-hybridized carbons (Fsp3) is 0.263. The normalized spacial score (nSPS) is 10.1. The third kappa shape index (κ3) is 5.12. The van der Waals surface area contributed by atoms with Gasteiger partial charge in [0.05, 0.1) is 6.42 Å². The van der Waals surface area contributed by atoms with Crippen LogP contribution in [-0.2, 0) is 17.8 Å². The summed E-state index contributed by atoms with van der Waals surface area (Å²) in [6.07, 6.45) is 0.301. The predicted molar refractivity (Wildman–Crippen MR) is 95.8 cm³/mol. The highest BCUT2D eigenvalue weighted by Gasteiger charge is 2.11. The van der Waals surface area contributed by atoms with Gasteiger partial charge < -0.3 is 15.1 Å². The van der Waals surface area contributed by atoms with Gasteiger partial charge in [0.25, 0.3) is 0 Å². The molecule has 2 aromatic rings. The van der Waals surface area contributed by atoms with Gasteiger partial charge in [-0.1, -0.05) is 42.5 Å². The number of hydrogen-bond acceptors (Lipinski definition) is 2. The summed E-state index contributed by atoms with van der Waals surface area (Å²) in [5.74, 6) is 0.0370. The van der Waals surface area contributed by atoms with Crippen molar-refractivity contribution in [3.63, 3.8) is 0 Å².